The number of ether oxygens (including phenoxy) is 1. The van der Waals surface area contributed by atoms with Gasteiger partial charge >= 0.3 is 12.0 Å². The number of carboxylic acid groups (broad SMARTS) is 1. The molecule has 0 spiro atoms. The molecule has 6 nitrogen and oxygen atoms in total. The molecule has 0 atom stereocenters. The van der Waals surface area contributed by atoms with E-state index in [0.29, 0.717) is 0 Å². The molecule has 0 aromatic heterocycles. The first-order chi connectivity index (χ1) is 10.9. The minimum Gasteiger partial charge on any atom is -0.496 e. The number of benzene rings is 2. The van der Waals surface area contributed by atoms with E-state index in [2.05, 4.69) is 10.6 Å². The second kappa shape index (κ2) is 6.73. The van der Waals surface area contributed by atoms with Gasteiger partial charge in [-0.3, -0.25) is 0 Å². The van der Waals surface area contributed by atoms with Crippen LogP contribution in [0, 0.1) is 11.6 Å². The Morgan fingerprint density at radius 2 is 1.61 bits per heavy atom. The Labute approximate surface area is 129 Å². The molecule has 0 aliphatic carbocycles. The Morgan fingerprint density at radius 3 is 2.17 bits per heavy atom. The van der Waals surface area contributed by atoms with E-state index in [-0.39, 0.29) is 22.7 Å². The van der Waals surface area contributed by atoms with Crippen molar-refractivity contribution in [1.82, 2.24) is 0 Å². The third kappa shape index (κ3) is 3.94. The molecule has 0 aliphatic heterocycles. The number of urea groups is 1. The molecule has 0 saturated carbocycles. The molecule has 8 heteroatoms. The van der Waals surface area contributed by atoms with Gasteiger partial charge in [0.2, 0.25) is 0 Å². The number of halogens is 2. The van der Waals surface area contributed by atoms with Crippen LogP contribution in [0.3, 0.4) is 0 Å². The predicted molar refractivity (Wildman–Crippen MR) is 79.0 cm³/mol. The van der Waals surface area contributed by atoms with Crippen LogP contribution in [0.4, 0.5) is 25.0 Å². The lowest BCUT2D eigenvalue weighted by atomic mass is 10.2. The number of aromatic carboxylic acids is 1. The summed E-state index contributed by atoms with van der Waals surface area (Å²) >= 11 is 0. The lowest BCUT2D eigenvalue weighted by Gasteiger charge is -2.10. The summed E-state index contributed by atoms with van der Waals surface area (Å²) in [6.45, 7) is 0. The van der Waals surface area contributed by atoms with Crippen LogP contribution in [0.5, 0.6) is 5.75 Å². The van der Waals surface area contributed by atoms with Crippen LogP contribution in [0.2, 0.25) is 0 Å². The van der Waals surface area contributed by atoms with Gasteiger partial charge in [0.05, 0.1) is 7.11 Å². The van der Waals surface area contributed by atoms with Crippen molar-refractivity contribution < 1.29 is 28.2 Å². The number of methoxy groups -OCH3 is 1. The zero-order chi connectivity index (χ0) is 17.0. The van der Waals surface area contributed by atoms with Crippen molar-refractivity contribution >= 4 is 23.4 Å². The molecule has 0 aliphatic rings. The van der Waals surface area contributed by atoms with Gasteiger partial charge in [0.15, 0.2) is 11.6 Å². The summed E-state index contributed by atoms with van der Waals surface area (Å²) in [4.78, 5) is 22.8. The van der Waals surface area contributed by atoms with Crippen LogP contribution in [0.25, 0.3) is 0 Å². The molecular formula is C15H12F2N2O4. The summed E-state index contributed by atoms with van der Waals surface area (Å²) in [7, 11) is 1.30. The average Bonchev–Trinajstić information content (AvgIpc) is 2.50. The summed E-state index contributed by atoms with van der Waals surface area (Å²) in [5, 5.41) is 13.7. The van der Waals surface area contributed by atoms with Gasteiger partial charge < -0.3 is 20.5 Å². The van der Waals surface area contributed by atoms with E-state index in [0.717, 1.165) is 12.1 Å². The maximum Gasteiger partial charge on any atom is 0.339 e. The Morgan fingerprint density at radius 1 is 1.00 bits per heavy atom. The van der Waals surface area contributed by atoms with Gasteiger partial charge in [0.25, 0.3) is 0 Å². The maximum absolute atomic E-state index is 13.1. The molecule has 0 saturated heterocycles. The van der Waals surface area contributed by atoms with E-state index >= 15 is 0 Å². The van der Waals surface area contributed by atoms with Crippen molar-refractivity contribution in [3.8, 4) is 5.75 Å². The topological polar surface area (TPSA) is 87.7 Å². The monoisotopic (exact) mass is 322 g/mol. The lowest BCUT2D eigenvalue weighted by Crippen LogP contribution is -2.19. The molecule has 2 amide bonds. The van der Waals surface area contributed by atoms with Crippen molar-refractivity contribution in [3.05, 3.63) is 53.6 Å². The quantitative estimate of drug-likeness (QED) is 0.806. The number of anilines is 2. The van der Waals surface area contributed by atoms with Crippen molar-refractivity contribution in [2.45, 2.75) is 0 Å². The fourth-order valence-corrected chi connectivity index (χ4v) is 1.81. The fraction of sp³-hybridized carbons (Fsp3) is 0.0667. The van der Waals surface area contributed by atoms with Crippen molar-refractivity contribution in [1.29, 1.82) is 0 Å². The second-order valence-corrected chi connectivity index (χ2v) is 4.43. The van der Waals surface area contributed by atoms with Crippen LogP contribution >= 0.6 is 0 Å². The largest absolute Gasteiger partial charge is 0.496 e. The first-order valence-electron chi connectivity index (χ1n) is 6.35. The summed E-state index contributed by atoms with van der Waals surface area (Å²) in [6.07, 6.45) is 0. The highest BCUT2D eigenvalue weighted by atomic mass is 19.2. The molecule has 0 heterocycles. The van der Waals surface area contributed by atoms with Gasteiger partial charge in [-0.25, -0.2) is 18.4 Å². The molecular weight excluding hydrogens is 310 g/mol. The molecule has 0 bridgehead atoms. The van der Waals surface area contributed by atoms with Crippen LogP contribution in [0.1, 0.15) is 10.4 Å². The second-order valence-electron chi connectivity index (χ2n) is 4.43. The molecule has 2 aromatic rings. The first-order valence-corrected chi connectivity index (χ1v) is 6.35. The van der Waals surface area contributed by atoms with Gasteiger partial charge in [0.1, 0.15) is 11.3 Å². The van der Waals surface area contributed by atoms with Gasteiger partial charge in [-0.05, 0) is 24.3 Å². The first kappa shape index (κ1) is 16.2. The van der Waals surface area contributed by atoms with E-state index in [4.69, 9.17) is 9.84 Å². The zero-order valence-corrected chi connectivity index (χ0v) is 11.9. The summed E-state index contributed by atoms with van der Waals surface area (Å²) in [6, 6.07) is 6.19. The number of rotatable bonds is 4. The maximum atomic E-state index is 13.1. The molecule has 120 valence electrons. The minimum atomic E-state index is -1.17. The Hall–Kier alpha value is -3.16. The molecule has 3 N–H and O–H groups in total. The number of amides is 2. The number of nitrogens with one attached hydrogen (secondary N) is 2. The minimum absolute atomic E-state index is 0.0564. The van der Waals surface area contributed by atoms with Crippen molar-refractivity contribution in [2.24, 2.45) is 0 Å². The zero-order valence-electron chi connectivity index (χ0n) is 11.9. The number of carbonyl (C=O) groups excluding carboxylic acids is 1. The molecule has 0 unspecified atom stereocenters. The molecule has 0 radical (unpaired) electrons. The van der Waals surface area contributed by atoms with E-state index in [1.54, 1.807) is 0 Å². The van der Waals surface area contributed by atoms with E-state index in [1.165, 1.54) is 31.4 Å². The smallest absolute Gasteiger partial charge is 0.339 e. The highest BCUT2D eigenvalue weighted by Gasteiger charge is 2.12. The molecule has 2 aromatic carbocycles. The van der Waals surface area contributed by atoms with E-state index in [1.807, 2.05) is 0 Å². The summed E-state index contributed by atoms with van der Waals surface area (Å²) < 4.78 is 30.8. The summed E-state index contributed by atoms with van der Waals surface area (Å²) in [5.74, 6) is -3.21. The number of carboxylic acids is 1. The third-order valence-electron chi connectivity index (χ3n) is 2.87. The Bertz CT molecular complexity index is 765. The van der Waals surface area contributed by atoms with Gasteiger partial charge in [-0.2, -0.15) is 0 Å². The fourth-order valence-electron chi connectivity index (χ4n) is 1.81. The number of carbonyl (C=O) groups is 2. The highest BCUT2D eigenvalue weighted by Crippen LogP contribution is 2.23. The molecule has 0 fully saturated rings. The van der Waals surface area contributed by atoms with Gasteiger partial charge in [0, 0.05) is 23.5 Å². The van der Waals surface area contributed by atoms with E-state index in [9.17, 15) is 18.4 Å². The average molecular weight is 322 g/mol. The predicted octanol–water partition coefficient (Wildman–Crippen LogP) is 3.32. The highest BCUT2D eigenvalue weighted by molar-refractivity contribution is 6.00. The van der Waals surface area contributed by atoms with Gasteiger partial charge in [-0.15, -0.1) is 0 Å². The molecule has 23 heavy (non-hydrogen) atoms. The lowest BCUT2D eigenvalue weighted by molar-refractivity contribution is 0.0693. The normalized spacial score (nSPS) is 10.0. The van der Waals surface area contributed by atoms with Crippen LogP contribution in [-0.4, -0.2) is 24.2 Å². The van der Waals surface area contributed by atoms with Gasteiger partial charge in [-0.1, -0.05) is 0 Å². The van der Waals surface area contributed by atoms with Crippen molar-refractivity contribution in [3.63, 3.8) is 0 Å². The number of hydrogen-bond acceptors (Lipinski definition) is 3. The summed E-state index contributed by atoms with van der Waals surface area (Å²) in [5.41, 5.74) is 0.279. The molecule has 2 rings (SSSR count). The van der Waals surface area contributed by atoms with Crippen molar-refractivity contribution in [2.75, 3.05) is 17.7 Å². The van der Waals surface area contributed by atoms with Crippen LogP contribution in [-0.2, 0) is 0 Å². The third-order valence-corrected chi connectivity index (χ3v) is 2.87. The van der Waals surface area contributed by atoms with Crippen LogP contribution < -0.4 is 15.4 Å². The van der Waals surface area contributed by atoms with E-state index < -0.39 is 23.6 Å². The Balaban J connectivity index is 2.10. The number of hydrogen-bond donors (Lipinski definition) is 3. The SMILES string of the molecule is COc1cc(NC(=O)Nc2ccc(F)c(F)c2)ccc1C(=O)O. The standard InChI is InChI=1S/C15H12F2N2O4/c1-23-13-7-9(2-4-10(13)14(20)21)19-15(22)18-8-3-5-11(16)12(17)6-8/h2-7H,1H3,(H,20,21)(H2,18,19,22). The Kier molecular flexibility index (Phi) is 4.75. The van der Waals surface area contributed by atoms with Crippen LogP contribution in [0.15, 0.2) is 36.4 Å².